The lowest BCUT2D eigenvalue weighted by Crippen LogP contribution is -2.34. The van der Waals surface area contributed by atoms with Crippen LogP contribution >= 0.6 is 0 Å². The van der Waals surface area contributed by atoms with Crippen molar-refractivity contribution in [1.82, 2.24) is 15.1 Å². The molecule has 0 spiro atoms. The maximum Gasteiger partial charge on any atom is 0.319 e. The molecule has 0 atom stereocenters. The van der Waals surface area contributed by atoms with E-state index in [0.717, 1.165) is 29.8 Å². The van der Waals surface area contributed by atoms with Gasteiger partial charge in [0, 0.05) is 24.2 Å². The molecule has 1 heterocycles. The number of carbonyl (C=O) groups is 1. The summed E-state index contributed by atoms with van der Waals surface area (Å²) >= 11 is 0. The third-order valence-corrected chi connectivity index (χ3v) is 3.77. The van der Waals surface area contributed by atoms with Gasteiger partial charge in [-0.15, -0.1) is 0 Å². The molecule has 23 heavy (non-hydrogen) atoms. The number of aryl methyl sites for hydroxylation is 1. The van der Waals surface area contributed by atoms with Gasteiger partial charge in [-0.05, 0) is 43.5 Å². The van der Waals surface area contributed by atoms with Crippen molar-refractivity contribution in [2.45, 2.75) is 32.2 Å². The van der Waals surface area contributed by atoms with E-state index in [1.165, 1.54) is 4.68 Å². The molecule has 6 heteroatoms. The average Bonchev–Trinajstić information content (AvgIpc) is 3.34. The molecule has 2 amide bonds. The second-order valence-corrected chi connectivity index (χ2v) is 5.84. The molecule has 1 aromatic carbocycles. The number of urea groups is 1. The zero-order chi connectivity index (χ0) is 16.2. The van der Waals surface area contributed by atoms with Gasteiger partial charge in [0.1, 0.15) is 0 Å². The number of nitrogens with one attached hydrogen (secondary N) is 2. The van der Waals surface area contributed by atoms with Gasteiger partial charge < -0.3 is 10.6 Å². The number of carbonyl (C=O) groups excluding carboxylic acids is 1. The summed E-state index contributed by atoms with van der Waals surface area (Å²) in [7, 11) is 0. The molecule has 0 unspecified atom stereocenters. The molecule has 1 aliphatic carbocycles. The molecule has 0 radical (unpaired) electrons. The molecule has 3 rings (SSSR count). The van der Waals surface area contributed by atoms with Gasteiger partial charge in [0.05, 0.1) is 12.2 Å². The molecule has 0 aliphatic heterocycles. The van der Waals surface area contributed by atoms with Crippen LogP contribution in [-0.4, -0.2) is 22.4 Å². The first kappa shape index (κ1) is 15.3. The normalized spacial score (nSPS) is 13.6. The van der Waals surface area contributed by atoms with Crippen LogP contribution in [0.3, 0.4) is 0 Å². The molecule has 1 fully saturated rings. The van der Waals surface area contributed by atoms with E-state index < -0.39 is 0 Å². The minimum Gasteiger partial charge on any atom is -0.336 e. The fraction of sp³-hybridized carbons (Fsp3) is 0.353. The number of amides is 2. The van der Waals surface area contributed by atoms with Gasteiger partial charge in [0.25, 0.3) is 5.56 Å². The lowest BCUT2D eigenvalue weighted by Gasteiger charge is -2.09. The topological polar surface area (TPSA) is 76.0 Å². The van der Waals surface area contributed by atoms with E-state index in [0.29, 0.717) is 19.0 Å². The fourth-order valence-corrected chi connectivity index (χ4v) is 2.40. The first-order valence-corrected chi connectivity index (χ1v) is 7.81. The number of hydrogen-bond donors (Lipinski definition) is 2. The molecule has 0 saturated heterocycles. The maximum atomic E-state index is 11.9. The Labute approximate surface area is 134 Å². The molecule has 6 nitrogen and oxygen atoms in total. The standard InChI is InChI=1S/C17H20N4O2/c1-12-3-2-4-14(11-12)19-17(23)18-9-10-21-16(22)8-7-15(20-21)13-5-6-13/h2-4,7-8,11,13H,5-6,9-10H2,1H3,(H2,18,19,23). The molecular weight excluding hydrogens is 292 g/mol. The van der Waals surface area contributed by atoms with Gasteiger partial charge in [0.15, 0.2) is 0 Å². The van der Waals surface area contributed by atoms with Crippen LogP contribution in [0.25, 0.3) is 0 Å². The zero-order valence-corrected chi connectivity index (χ0v) is 13.1. The van der Waals surface area contributed by atoms with Crippen molar-refractivity contribution in [1.29, 1.82) is 0 Å². The van der Waals surface area contributed by atoms with Crippen molar-refractivity contribution in [3.05, 3.63) is 58.0 Å². The van der Waals surface area contributed by atoms with Gasteiger partial charge in [-0.25, -0.2) is 9.48 Å². The quantitative estimate of drug-likeness (QED) is 0.889. The Morgan fingerprint density at radius 2 is 2.13 bits per heavy atom. The van der Waals surface area contributed by atoms with E-state index in [1.807, 2.05) is 31.2 Å². The Balaban J connectivity index is 1.52. The summed E-state index contributed by atoms with van der Waals surface area (Å²) in [6, 6.07) is 10.6. The van der Waals surface area contributed by atoms with Gasteiger partial charge >= 0.3 is 6.03 Å². The maximum absolute atomic E-state index is 11.9. The molecule has 2 N–H and O–H groups in total. The van der Waals surface area contributed by atoms with Crippen LogP contribution < -0.4 is 16.2 Å². The Morgan fingerprint density at radius 3 is 2.87 bits per heavy atom. The summed E-state index contributed by atoms with van der Waals surface area (Å²) in [5.41, 5.74) is 2.65. The Hall–Kier alpha value is -2.63. The number of benzene rings is 1. The number of nitrogens with zero attached hydrogens (tertiary/aromatic N) is 2. The van der Waals surface area contributed by atoms with E-state index in [4.69, 9.17) is 0 Å². The third kappa shape index (κ3) is 4.18. The summed E-state index contributed by atoms with van der Waals surface area (Å²) in [4.78, 5) is 23.6. The van der Waals surface area contributed by atoms with Crippen LogP contribution in [-0.2, 0) is 6.54 Å². The lowest BCUT2D eigenvalue weighted by atomic mass is 10.2. The molecule has 120 valence electrons. The Kier molecular flexibility index (Phi) is 4.41. The van der Waals surface area contributed by atoms with Crippen LogP contribution in [0.2, 0.25) is 0 Å². The van der Waals surface area contributed by atoms with Crippen LogP contribution in [0.15, 0.2) is 41.2 Å². The Morgan fingerprint density at radius 1 is 1.30 bits per heavy atom. The van der Waals surface area contributed by atoms with Crippen molar-refractivity contribution in [3.63, 3.8) is 0 Å². The summed E-state index contributed by atoms with van der Waals surface area (Å²) in [6.07, 6.45) is 2.28. The molecule has 1 aromatic heterocycles. The third-order valence-electron chi connectivity index (χ3n) is 3.77. The summed E-state index contributed by atoms with van der Waals surface area (Å²) in [5, 5.41) is 9.87. The SMILES string of the molecule is Cc1cccc(NC(=O)NCCn2nc(C3CC3)ccc2=O)c1. The van der Waals surface area contributed by atoms with E-state index in [9.17, 15) is 9.59 Å². The predicted molar refractivity (Wildman–Crippen MR) is 88.7 cm³/mol. The van der Waals surface area contributed by atoms with Crippen molar-refractivity contribution in [2.75, 3.05) is 11.9 Å². The molecule has 1 saturated carbocycles. The van der Waals surface area contributed by atoms with Crippen LogP contribution in [0.1, 0.15) is 30.0 Å². The van der Waals surface area contributed by atoms with E-state index in [2.05, 4.69) is 15.7 Å². The van der Waals surface area contributed by atoms with Gasteiger partial charge in [0.2, 0.25) is 0 Å². The monoisotopic (exact) mass is 312 g/mol. The van der Waals surface area contributed by atoms with E-state index in [1.54, 1.807) is 12.1 Å². The summed E-state index contributed by atoms with van der Waals surface area (Å²) in [5.74, 6) is 0.499. The highest BCUT2D eigenvalue weighted by atomic mass is 16.2. The van der Waals surface area contributed by atoms with Crippen molar-refractivity contribution in [2.24, 2.45) is 0 Å². The highest BCUT2D eigenvalue weighted by molar-refractivity contribution is 5.89. The van der Waals surface area contributed by atoms with Gasteiger partial charge in [-0.1, -0.05) is 12.1 Å². The van der Waals surface area contributed by atoms with E-state index >= 15 is 0 Å². The number of rotatable bonds is 5. The number of aromatic nitrogens is 2. The fourth-order valence-electron chi connectivity index (χ4n) is 2.40. The average molecular weight is 312 g/mol. The Bertz CT molecular complexity index is 765. The van der Waals surface area contributed by atoms with Gasteiger partial charge in [-0.2, -0.15) is 5.10 Å². The number of hydrogen-bond acceptors (Lipinski definition) is 3. The minimum absolute atomic E-state index is 0.143. The molecule has 2 aromatic rings. The highest BCUT2D eigenvalue weighted by Crippen LogP contribution is 2.38. The zero-order valence-electron chi connectivity index (χ0n) is 13.1. The first-order chi connectivity index (χ1) is 11.1. The smallest absolute Gasteiger partial charge is 0.319 e. The van der Waals surface area contributed by atoms with Crippen molar-refractivity contribution >= 4 is 11.7 Å². The largest absolute Gasteiger partial charge is 0.336 e. The van der Waals surface area contributed by atoms with E-state index in [-0.39, 0.29) is 11.6 Å². The summed E-state index contributed by atoms with van der Waals surface area (Å²) in [6.45, 7) is 2.67. The second-order valence-electron chi connectivity index (χ2n) is 5.84. The lowest BCUT2D eigenvalue weighted by molar-refractivity contribution is 0.251. The first-order valence-electron chi connectivity index (χ1n) is 7.81. The summed E-state index contributed by atoms with van der Waals surface area (Å²) < 4.78 is 1.42. The molecule has 0 bridgehead atoms. The highest BCUT2D eigenvalue weighted by Gasteiger charge is 2.25. The predicted octanol–water partition coefficient (Wildman–Crippen LogP) is 2.25. The van der Waals surface area contributed by atoms with Gasteiger partial charge in [-0.3, -0.25) is 4.79 Å². The number of anilines is 1. The minimum atomic E-state index is -0.290. The second kappa shape index (κ2) is 6.64. The van der Waals surface area contributed by atoms with Crippen LogP contribution in [0, 0.1) is 6.92 Å². The van der Waals surface area contributed by atoms with Crippen molar-refractivity contribution in [3.8, 4) is 0 Å². The molecular formula is C17H20N4O2. The van der Waals surface area contributed by atoms with Crippen LogP contribution in [0.5, 0.6) is 0 Å². The van der Waals surface area contributed by atoms with Crippen molar-refractivity contribution < 1.29 is 4.79 Å². The molecule has 1 aliphatic rings. The van der Waals surface area contributed by atoms with Crippen LogP contribution in [0.4, 0.5) is 10.5 Å².